The van der Waals surface area contributed by atoms with Crippen molar-refractivity contribution in [2.24, 2.45) is 0 Å². The van der Waals surface area contributed by atoms with Crippen LogP contribution in [0.5, 0.6) is 0 Å². The molecule has 0 aliphatic rings. The Morgan fingerprint density at radius 2 is 1.78 bits per heavy atom. The molecule has 3 rings (SSSR count). The zero-order chi connectivity index (χ0) is 19.6. The summed E-state index contributed by atoms with van der Waals surface area (Å²) in [6, 6.07) is 5.16. The van der Waals surface area contributed by atoms with Crippen molar-refractivity contribution in [1.82, 2.24) is 19.6 Å². The fourth-order valence-corrected chi connectivity index (χ4v) is 3.01. The van der Waals surface area contributed by atoms with Crippen LogP contribution in [0.3, 0.4) is 0 Å². The number of carboxylic acids is 1. The van der Waals surface area contributed by atoms with Crippen LogP contribution in [0.4, 0.5) is 5.82 Å². The van der Waals surface area contributed by atoms with Gasteiger partial charge in [-0.15, -0.1) is 0 Å². The first-order valence-corrected chi connectivity index (χ1v) is 8.68. The maximum atomic E-state index is 12.3. The number of nitrogens with one attached hydrogen (secondary N) is 1. The molecule has 1 amide bonds. The average molecular weight is 429 g/mol. The van der Waals surface area contributed by atoms with Gasteiger partial charge in [0, 0.05) is 28.0 Å². The summed E-state index contributed by atoms with van der Waals surface area (Å²) < 4.78 is 2.63. The minimum absolute atomic E-state index is 0.149. The number of hydrogen-bond acceptors (Lipinski definition) is 4. The normalized spacial score (nSPS) is 10.8. The first-order chi connectivity index (χ1) is 12.8. The minimum atomic E-state index is -1.06. The summed E-state index contributed by atoms with van der Waals surface area (Å²) in [5.74, 6) is -1.43. The monoisotopic (exact) mass is 427 g/mol. The molecule has 2 heterocycles. The highest BCUT2D eigenvalue weighted by Crippen LogP contribution is 2.27. The Hall–Kier alpha value is -2.55. The van der Waals surface area contributed by atoms with Crippen molar-refractivity contribution in [1.29, 1.82) is 0 Å². The summed E-state index contributed by atoms with van der Waals surface area (Å²) in [6.45, 7) is -0.0775. The fourth-order valence-electron chi connectivity index (χ4n) is 2.29. The van der Waals surface area contributed by atoms with Crippen molar-refractivity contribution in [2.45, 2.75) is 13.1 Å². The molecule has 0 saturated heterocycles. The first-order valence-electron chi connectivity index (χ1n) is 7.55. The Morgan fingerprint density at radius 1 is 1.07 bits per heavy atom. The number of halogens is 3. The zero-order valence-corrected chi connectivity index (χ0v) is 15.8. The Balaban J connectivity index is 1.74. The average Bonchev–Trinajstić information content (AvgIpc) is 3.18. The molecule has 2 N–H and O–H groups in total. The number of carbonyl (C=O) groups is 2. The van der Waals surface area contributed by atoms with Gasteiger partial charge in [-0.3, -0.25) is 19.0 Å². The number of anilines is 1. The van der Waals surface area contributed by atoms with Gasteiger partial charge in [0.05, 0.1) is 18.3 Å². The second-order valence-electron chi connectivity index (χ2n) is 5.50. The number of aliphatic carboxylic acids is 1. The first kappa shape index (κ1) is 19.2. The standard InChI is InChI=1S/C16H12Cl3N5O3/c17-11-2-1-3-12(18)10(11)6-24-7-13(19)15(22-24)21-16(27)9-4-20-23(5-9)8-14(25)26/h1-5,7H,6,8H2,(H,25,26)(H,21,22,27). The molecule has 0 aliphatic carbocycles. The number of carboxylic acid groups (broad SMARTS) is 1. The Bertz CT molecular complexity index is 994. The number of benzene rings is 1. The lowest BCUT2D eigenvalue weighted by Crippen LogP contribution is -2.13. The molecule has 27 heavy (non-hydrogen) atoms. The molecule has 0 aliphatic heterocycles. The largest absolute Gasteiger partial charge is 0.480 e. The van der Waals surface area contributed by atoms with E-state index in [0.717, 1.165) is 4.68 Å². The molecule has 0 atom stereocenters. The third kappa shape index (κ3) is 4.60. The summed E-state index contributed by atoms with van der Waals surface area (Å²) in [5, 5.41) is 20.5. The van der Waals surface area contributed by atoms with Crippen LogP contribution in [0.25, 0.3) is 0 Å². The van der Waals surface area contributed by atoms with E-state index in [0.29, 0.717) is 15.6 Å². The Kier molecular flexibility index (Phi) is 5.69. The van der Waals surface area contributed by atoms with E-state index < -0.39 is 11.9 Å². The van der Waals surface area contributed by atoms with E-state index in [-0.39, 0.29) is 29.5 Å². The van der Waals surface area contributed by atoms with E-state index in [1.807, 2.05) is 0 Å². The molecule has 0 spiro atoms. The van der Waals surface area contributed by atoms with Gasteiger partial charge in [-0.25, -0.2) is 0 Å². The molecule has 0 fully saturated rings. The van der Waals surface area contributed by atoms with Gasteiger partial charge in [-0.05, 0) is 12.1 Å². The maximum absolute atomic E-state index is 12.3. The van der Waals surface area contributed by atoms with E-state index >= 15 is 0 Å². The maximum Gasteiger partial charge on any atom is 0.325 e. The number of rotatable bonds is 6. The quantitative estimate of drug-likeness (QED) is 0.626. The van der Waals surface area contributed by atoms with Gasteiger partial charge < -0.3 is 10.4 Å². The second-order valence-corrected chi connectivity index (χ2v) is 6.72. The Morgan fingerprint density at radius 3 is 2.44 bits per heavy atom. The fraction of sp³-hybridized carbons (Fsp3) is 0.125. The summed E-state index contributed by atoms with van der Waals surface area (Å²) in [4.78, 5) is 23.0. The number of hydrogen-bond donors (Lipinski definition) is 2. The highest BCUT2D eigenvalue weighted by atomic mass is 35.5. The smallest absolute Gasteiger partial charge is 0.325 e. The van der Waals surface area contributed by atoms with Crippen molar-refractivity contribution in [2.75, 3.05) is 5.32 Å². The molecule has 8 nitrogen and oxygen atoms in total. The van der Waals surface area contributed by atoms with E-state index in [1.54, 1.807) is 18.2 Å². The number of nitrogens with zero attached hydrogens (tertiary/aromatic N) is 4. The molecular formula is C16H12Cl3N5O3. The topological polar surface area (TPSA) is 102 Å². The number of carbonyl (C=O) groups excluding carboxylic acids is 1. The SMILES string of the molecule is O=C(O)Cn1cc(C(=O)Nc2nn(Cc3c(Cl)cccc3Cl)cc2Cl)cn1. The highest BCUT2D eigenvalue weighted by molar-refractivity contribution is 6.36. The van der Waals surface area contributed by atoms with Gasteiger partial charge in [-0.1, -0.05) is 40.9 Å². The molecule has 0 unspecified atom stereocenters. The predicted molar refractivity (Wildman–Crippen MR) is 101 cm³/mol. The van der Waals surface area contributed by atoms with Crippen LogP contribution in [0, 0.1) is 0 Å². The lowest BCUT2D eigenvalue weighted by Gasteiger charge is -2.06. The van der Waals surface area contributed by atoms with Crippen LogP contribution >= 0.6 is 34.8 Å². The van der Waals surface area contributed by atoms with Gasteiger partial charge in [0.25, 0.3) is 5.91 Å². The van der Waals surface area contributed by atoms with Crippen molar-refractivity contribution >= 4 is 52.5 Å². The van der Waals surface area contributed by atoms with Crippen molar-refractivity contribution in [3.8, 4) is 0 Å². The molecule has 11 heteroatoms. The van der Waals surface area contributed by atoms with E-state index in [9.17, 15) is 9.59 Å². The van der Waals surface area contributed by atoms with Crippen LogP contribution < -0.4 is 5.32 Å². The Labute approximate surface area is 168 Å². The molecule has 3 aromatic rings. The van der Waals surface area contributed by atoms with Crippen LogP contribution in [-0.4, -0.2) is 36.5 Å². The highest BCUT2D eigenvalue weighted by Gasteiger charge is 2.16. The predicted octanol–water partition coefficient (Wildman–Crippen LogP) is 3.43. The summed E-state index contributed by atoms with van der Waals surface area (Å²) in [5.41, 5.74) is 0.851. The van der Waals surface area contributed by atoms with Gasteiger partial charge in [-0.2, -0.15) is 10.2 Å². The van der Waals surface area contributed by atoms with Crippen LogP contribution in [-0.2, 0) is 17.9 Å². The minimum Gasteiger partial charge on any atom is -0.480 e. The second kappa shape index (κ2) is 7.99. The number of aromatic nitrogens is 4. The van der Waals surface area contributed by atoms with Crippen molar-refractivity contribution in [3.63, 3.8) is 0 Å². The van der Waals surface area contributed by atoms with Gasteiger partial charge in [0.1, 0.15) is 11.6 Å². The molecular weight excluding hydrogens is 417 g/mol. The van der Waals surface area contributed by atoms with E-state index in [1.165, 1.54) is 23.3 Å². The van der Waals surface area contributed by atoms with E-state index in [2.05, 4.69) is 15.5 Å². The molecule has 0 bridgehead atoms. The van der Waals surface area contributed by atoms with E-state index in [4.69, 9.17) is 39.9 Å². The molecule has 1 aromatic carbocycles. The van der Waals surface area contributed by atoms with Crippen LogP contribution in [0.1, 0.15) is 15.9 Å². The molecule has 0 saturated carbocycles. The zero-order valence-electron chi connectivity index (χ0n) is 13.6. The van der Waals surface area contributed by atoms with Crippen molar-refractivity contribution < 1.29 is 14.7 Å². The van der Waals surface area contributed by atoms with Crippen molar-refractivity contribution in [3.05, 3.63) is 63.0 Å². The third-order valence-corrected chi connectivity index (χ3v) is 4.51. The van der Waals surface area contributed by atoms with Gasteiger partial charge in [0.15, 0.2) is 5.82 Å². The molecule has 0 radical (unpaired) electrons. The van der Waals surface area contributed by atoms with Crippen LogP contribution in [0.2, 0.25) is 15.1 Å². The number of amides is 1. The van der Waals surface area contributed by atoms with Crippen LogP contribution in [0.15, 0.2) is 36.8 Å². The van der Waals surface area contributed by atoms with Gasteiger partial charge in [0.2, 0.25) is 0 Å². The summed E-state index contributed by atoms with van der Waals surface area (Å²) in [7, 11) is 0. The summed E-state index contributed by atoms with van der Waals surface area (Å²) >= 11 is 18.4. The van der Waals surface area contributed by atoms with Gasteiger partial charge >= 0.3 is 5.97 Å². The lowest BCUT2D eigenvalue weighted by atomic mass is 10.2. The molecule has 2 aromatic heterocycles. The lowest BCUT2D eigenvalue weighted by molar-refractivity contribution is -0.137. The summed E-state index contributed by atoms with van der Waals surface area (Å²) in [6.07, 6.45) is 4.11. The third-order valence-electron chi connectivity index (χ3n) is 3.52. The molecule has 140 valence electrons.